The highest BCUT2D eigenvalue weighted by atomic mass is 16.2. The topological polar surface area (TPSA) is 147 Å². The zero-order valence-corrected chi connectivity index (χ0v) is 32.2. The molecule has 0 aliphatic rings. The van der Waals surface area contributed by atoms with Crippen molar-refractivity contribution in [1.82, 2.24) is 20.4 Å². The average Bonchev–Trinajstić information content (AvgIpc) is 3.91. The van der Waals surface area contributed by atoms with Crippen LogP contribution in [0.25, 0.3) is 46.1 Å². The summed E-state index contributed by atoms with van der Waals surface area (Å²) in [6.45, 7) is 0. The van der Waals surface area contributed by atoms with Gasteiger partial charge in [-0.25, -0.2) is 0 Å². The number of nitrogens with one attached hydrogen (secondary N) is 3. The first-order chi connectivity index (χ1) is 29.4. The van der Waals surface area contributed by atoms with Gasteiger partial charge >= 0.3 is 0 Å². The SMILES string of the molecule is Nc1cccc(C(=O)c2ccc3c(/C=C/c4ccccc4)n[nH]c3c2)c1.O=C(Nc1cccc(C(=O)c2ccc3c(/C=C/c4ccccc4)n[nH]c3c2)c1)c1ccccc1. The fourth-order valence-corrected chi connectivity index (χ4v) is 6.64. The van der Waals surface area contributed by atoms with Crippen molar-refractivity contribution in [1.29, 1.82) is 0 Å². The maximum Gasteiger partial charge on any atom is 0.255 e. The molecule has 0 aliphatic carbocycles. The van der Waals surface area contributed by atoms with Crippen LogP contribution in [0.3, 0.4) is 0 Å². The third-order valence-electron chi connectivity index (χ3n) is 9.74. The summed E-state index contributed by atoms with van der Waals surface area (Å²) in [5.41, 5.74) is 15.1. The second-order valence-corrected chi connectivity index (χ2v) is 13.9. The average molecular weight is 783 g/mol. The minimum atomic E-state index is -0.222. The molecular weight excluding hydrogens is 745 g/mol. The summed E-state index contributed by atoms with van der Waals surface area (Å²) in [4.78, 5) is 38.3. The Morgan fingerprint density at radius 2 is 0.900 bits per heavy atom. The van der Waals surface area contributed by atoms with E-state index in [0.29, 0.717) is 39.2 Å². The molecule has 9 nitrogen and oxygen atoms in total. The minimum absolute atomic E-state index is 0.0600. The molecule has 2 aromatic heterocycles. The fourth-order valence-electron chi connectivity index (χ4n) is 6.64. The van der Waals surface area contributed by atoms with Gasteiger partial charge in [-0.1, -0.05) is 127 Å². The number of fused-ring (bicyclic) bond motifs is 2. The van der Waals surface area contributed by atoms with Crippen molar-refractivity contribution in [2.75, 3.05) is 11.1 Å². The quantitative estimate of drug-likeness (QED) is 0.0802. The lowest BCUT2D eigenvalue weighted by Crippen LogP contribution is -2.12. The summed E-state index contributed by atoms with van der Waals surface area (Å²) < 4.78 is 0. The highest BCUT2D eigenvalue weighted by Crippen LogP contribution is 2.24. The van der Waals surface area contributed by atoms with Gasteiger partial charge in [0.1, 0.15) is 0 Å². The number of nitrogen functional groups attached to an aromatic ring is 1. The molecule has 0 radical (unpaired) electrons. The van der Waals surface area contributed by atoms with Crippen molar-refractivity contribution in [2.45, 2.75) is 0 Å². The minimum Gasteiger partial charge on any atom is -0.399 e. The molecule has 0 bridgehead atoms. The van der Waals surface area contributed by atoms with Crippen LogP contribution in [-0.4, -0.2) is 37.9 Å². The Morgan fingerprint density at radius 1 is 0.450 bits per heavy atom. The van der Waals surface area contributed by atoms with E-state index in [2.05, 4.69) is 25.7 Å². The second kappa shape index (κ2) is 17.8. The van der Waals surface area contributed by atoms with Gasteiger partial charge in [0.15, 0.2) is 11.6 Å². The van der Waals surface area contributed by atoms with E-state index < -0.39 is 0 Å². The molecule has 0 saturated carbocycles. The Kier molecular flexibility index (Phi) is 11.4. The number of ketones is 2. The molecule has 0 saturated heterocycles. The lowest BCUT2D eigenvalue weighted by molar-refractivity contribution is 0.102. The summed E-state index contributed by atoms with van der Waals surface area (Å²) in [7, 11) is 0. The first kappa shape index (κ1) is 38.4. The van der Waals surface area contributed by atoms with E-state index >= 15 is 0 Å². The number of nitrogens with two attached hydrogens (primary N) is 1. The summed E-state index contributed by atoms with van der Waals surface area (Å²) >= 11 is 0. The highest BCUT2D eigenvalue weighted by Gasteiger charge is 2.15. The molecule has 60 heavy (non-hydrogen) atoms. The van der Waals surface area contributed by atoms with Gasteiger partial charge in [-0.3, -0.25) is 24.6 Å². The Morgan fingerprint density at radius 3 is 1.42 bits per heavy atom. The normalized spacial score (nSPS) is 11.1. The number of aromatic nitrogens is 4. The van der Waals surface area contributed by atoms with Crippen LogP contribution in [0.5, 0.6) is 0 Å². The summed E-state index contributed by atoms with van der Waals surface area (Å²) in [6, 6.07) is 54.1. The number of amides is 1. The van der Waals surface area contributed by atoms with Gasteiger partial charge < -0.3 is 11.1 Å². The van der Waals surface area contributed by atoms with Crippen molar-refractivity contribution < 1.29 is 14.4 Å². The molecule has 0 spiro atoms. The van der Waals surface area contributed by atoms with Crippen molar-refractivity contribution in [3.63, 3.8) is 0 Å². The van der Waals surface area contributed by atoms with Gasteiger partial charge in [0, 0.05) is 50.0 Å². The highest BCUT2D eigenvalue weighted by molar-refractivity contribution is 6.12. The van der Waals surface area contributed by atoms with Gasteiger partial charge in [-0.05, 0) is 83.9 Å². The predicted molar refractivity (Wildman–Crippen MR) is 241 cm³/mol. The standard InChI is InChI=1S/C29H21N3O2.C22H17N3O/c33-28(22-12-7-13-24(18-22)30-29(34)21-10-5-2-6-11-21)23-15-16-25-26(31-32-27(25)19-23)17-14-20-8-3-1-4-9-20;23-18-8-4-7-16(13-18)22(26)17-10-11-19-20(24-25-21(19)14-17)12-9-15-5-2-1-3-6-15/h1-19H,(H,30,34)(H,31,32);1-14H,23H2,(H,24,25)/b17-14+;12-9+. The van der Waals surface area contributed by atoms with Gasteiger partial charge in [0.05, 0.1) is 22.4 Å². The van der Waals surface area contributed by atoms with E-state index in [1.165, 1.54) is 0 Å². The maximum absolute atomic E-state index is 13.2. The number of carbonyl (C=O) groups is 3. The van der Waals surface area contributed by atoms with E-state index in [1.54, 1.807) is 72.8 Å². The van der Waals surface area contributed by atoms with Crippen LogP contribution in [0.2, 0.25) is 0 Å². The van der Waals surface area contributed by atoms with Crippen molar-refractivity contribution in [2.24, 2.45) is 0 Å². The number of nitrogens with zero attached hydrogens (tertiary/aromatic N) is 2. The first-order valence-electron chi connectivity index (χ1n) is 19.2. The third-order valence-corrected chi connectivity index (χ3v) is 9.74. The first-order valence-corrected chi connectivity index (χ1v) is 19.2. The van der Waals surface area contributed by atoms with Crippen LogP contribution in [0.15, 0.2) is 176 Å². The maximum atomic E-state index is 13.2. The van der Waals surface area contributed by atoms with Crippen molar-refractivity contribution in [3.05, 3.63) is 226 Å². The lowest BCUT2D eigenvalue weighted by Gasteiger charge is -2.07. The van der Waals surface area contributed by atoms with E-state index in [0.717, 1.165) is 44.3 Å². The van der Waals surface area contributed by atoms with Crippen LogP contribution in [-0.2, 0) is 0 Å². The summed E-state index contributed by atoms with van der Waals surface area (Å²) in [6.07, 6.45) is 7.94. The number of benzene rings is 7. The van der Waals surface area contributed by atoms with E-state index in [4.69, 9.17) is 5.73 Å². The molecule has 2 heterocycles. The predicted octanol–water partition coefficient (Wildman–Crippen LogP) is 10.8. The summed E-state index contributed by atoms with van der Waals surface area (Å²) in [5, 5.41) is 19.5. The Hall–Kier alpha value is -8.43. The molecule has 0 aliphatic heterocycles. The monoisotopic (exact) mass is 782 g/mol. The van der Waals surface area contributed by atoms with E-state index in [-0.39, 0.29) is 17.5 Å². The lowest BCUT2D eigenvalue weighted by atomic mass is 10.0. The van der Waals surface area contributed by atoms with E-state index in [1.807, 2.05) is 127 Å². The zero-order valence-electron chi connectivity index (χ0n) is 32.2. The van der Waals surface area contributed by atoms with Gasteiger partial charge in [0.25, 0.3) is 5.91 Å². The van der Waals surface area contributed by atoms with Crippen molar-refractivity contribution in [3.8, 4) is 0 Å². The van der Waals surface area contributed by atoms with Gasteiger partial charge in [-0.15, -0.1) is 0 Å². The molecule has 290 valence electrons. The van der Waals surface area contributed by atoms with E-state index in [9.17, 15) is 14.4 Å². The molecule has 9 heteroatoms. The Labute approximate surface area is 345 Å². The Bertz CT molecular complexity index is 3020. The molecule has 9 rings (SSSR count). The zero-order chi connectivity index (χ0) is 41.3. The number of aromatic amines is 2. The molecule has 7 aromatic carbocycles. The number of hydrogen-bond acceptors (Lipinski definition) is 6. The van der Waals surface area contributed by atoms with Gasteiger partial charge in [0.2, 0.25) is 0 Å². The molecule has 0 fully saturated rings. The number of anilines is 2. The molecular formula is C51H38N6O3. The molecule has 0 atom stereocenters. The largest absolute Gasteiger partial charge is 0.399 e. The van der Waals surface area contributed by atoms with Crippen LogP contribution in [0.4, 0.5) is 11.4 Å². The second-order valence-electron chi connectivity index (χ2n) is 13.9. The number of rotatable bonds is 10. The number of carbonyl (C=O) groups excluding carboxylic acids is 3. The Balaban J connectivity index is 0.000000172. The van der Waals surface area contributed by atoms with Crippen LogP contribution in [0.1, 0.15) is 64.7 Å². The molecule has 9 aromatic rings. The van der Waals surface area contributed by atoms with Crippen LogP contribution in [0, 0.1) is 0 Å². The van der Waals surface area contributed by atoms with Crippen molar-refractivity contribution >= 4 is 75.0 Å². The molecule has 5 N–H and O–H groups in total. The molecule has 1 amide bonds. The van der Waals surface area contributed by atoms with Crippen LogP contribution >= 0.6 is 0 Å². The fraction of sp³-hybridized carbons (Fsp3) is 0. The number of H-pyrrole nitrogens is 2. The number of hydrogen-bond donors (Lipinski definition) is 4. The summed E-state index contributed by atoms with van der Waals surface area (Å²) in [5.74, 6) is -0.413. The smallest absolute Gasteiger partial charge is 0.255 e. The molecule has 0 unspecified atom stereocenters. The third kappa shape index (κ3) is 9.07. The van der Waals surface area contributed by atoms with Crippen LogP contribution < -0.4 is 11.1 Å². The van der Waals surface area contributed by atoms with Gasteiger partial charge in [-0.2, -0.15) is 10.2 Å².